The third-order valence-corrected chi connectivity index (χ3v) is 10.2. The average molecular weight is 502 g/mol. The summed E-state index contributed by atoms with van der Waals surface area (Å²) >= 11 is 0. The Morgan fingerprint density at radius 1 is 1.19 bits per heavy atom. The zero-order valence-electron chi connectivity index (χ0n) is 20.3. The Balaban J connectivity index is 1.46. The number of carbonyl (C=O) groups excluding carboxylic acids is 2. The summed E-state index contributed by atoms with van der Waals surface area (Å²) in [5, 5.41) is 13.1. The van der Waals surface area contributed by atoms with Crippen molar-refractivity contribution in [2.24, 2.45) is 28.6 Å². The molecule has 9 atom stereocenters. The van der Waals surface area contributed by atoms with Crippen LogP contribution in [0.1, 0.15) is 33.1 Å². The van der Waals surface area contributed by atoms with Gasteiger partial charge >= 0.3 is 0 Å². The molecule has 4 fully saturated rings. The third-order valence-electron chi connectivity index (χ3n) is 10.2. The monoisotopic (exact) mass is 501 g/mol. The maximum atomic E-state index is 17.3. The van der Waals surface area contributed by atoms with Crippen molar-refractivity contribution < 1.29 is 32.7 Å². The Morgan fingerprint density at radius 2 is 1.92 bits per heavy atom. The van der Waals surface area contributed by atoms with Crippen LogP contribution in [-0.2, 0) is 14.4 Å². The van der Waals surface area contributed by atoms with Gasteiger partial charge in [0.1, 0.15) is 6.17 Å². The van der Waals surface area contributed by atoms with Crippen LogP contribution in [-0.4, -0.2) is 53.4 Å². The minimum atomic E-state index is -2.25. The van der Waals surface area contributed by atoms with Gasteiger partial charge in [-0.1, -0.05) is 31.2 Å². The van der Waals surface area contributed by atoms with Gasteiger partial charge in [0, 0.05) is 22.7 Å². The molecule has 1 heterocycles. The number of Topliss-reactive ketones (excluding diaryl/α,β-unsaturated/α-hetero) is 1. The molecule has 0 spiro atoms. The van der Waals surface area contributed by atoms with E-state index >= 15 is 8.78 Å². The van der Waals surface area contributed by atoms with Gasteiger partial charge in [0.2, 0.25) is 0 Å². The number of anilines is 1. The number of hydrogen-bond donors (Lipinski definition) is 1. The molecule has 6 rings (SSSR count). The zero-order chi connectivity index (χ0) is 25.7. The second kappa shape index (κ2) is 7.54. The molecule has 36 heavy (non-hydrogen) atoms. The van der Waals surface area contributed by atoms with Crippen LogP contribution in [0.5, 0.6) is 0 Å². The van der Waals surface area contributed by atoms with Crippen molar-refractivity contribution in [3.8, 4) is 0 Å². The molecule has 192 valence electrons. The van der Waals surface area contributed by atoms with Crippen LogP contribution in [0.2, 0.25) is 0 Å². The number of benzene rings is 1. The van der Waals surface area contributed by atoms with Crippen molar-refractivity contribution >= 4 is 17.3 Å². The number of nitrogens with zero attached hydrogens (tertiary/aromatic N) is 1. The molecule has 1 aromatic rings. The van der Waals surface area contributed by atoms with E-state index in [0.29, 0.717) is 13.0 Å². The first-order valence-corrected chi connectivity index (χ1v) is 12.6. The van der Waals surface area contributed by atoms with Crippen LogP contribution >= 0.6 is 0 Å². The lowest BCUT2D eigenvalue weighted by atomic mass is 9.44. The number of hydrogen-bond acceptors (Lipinski definition) is 5. The standard InChI is InChI=1S/C28H30F3NO4/c1-25-9-8-18(33)11-21(25)22(30)12-20-19-10-16-15-32(17-6-4-3-5-7-17)36-28(16,24(35)14-29)26(19,2)13-23(34)27(20,25)31/h3-9,11,16,19-20,22-23,34H,10,12-15H2,1-2H3/t16-,19-,20-,22-,23-,25-,26-,27-,28-/m0/s1. The first-order valence-electron chi connectivity index (χ1n) is 12.6. The van der Waals surface area contributed by atoms with Crippen molar-refractivity contribution in [2.75, 3.05) is 18.3 Å². The number of para-hydroxylation sites is 1. The Hall–Kier alpha value is -2.45. The fourth-order valence-corrected chi connectivity index (χ4v) is 8.60. The summed E-state index contributed by atoms with van der Waals surface area (Å²) in [7, 11) is 0. The first-order chi connectivity index (χ1) is 17.0. The van der Waals surface area contributed by atoms with Gasteiger partial charge in [-0.3, -0.25) is 19.5 Å². The first kappa shape index (κ1) is 23.9. The Morgan fingerprint density at radius 3 is 2.61 bits per heavy atom. The van der Waals surface area contributed by atoms with Crippen LogP contribution in [0.15, 0.2) is 54.1 Å². The SMILES string of the molecule is C[C@]12C=CC(=O)C=C1[C@@H](F)C[C@H]1[C@@H]3C[C@H]4CN(c5ccccc5)O[C@@]4(C(=O)CF)[C@@]3(C)C[C@H](O)[C@@]12F. The lowest BCUT2D eigenvalue weighted by Gasteiger charge is -2.63. The van der Waals surface area contributed by atoms with Crippen LogP contribution < -0.4 is 5.06 Å². The van der Waals surface area contributed by atoms with E-state index in [0.717, 1.165) is 11.8 Å². The summed E-state index contributed by atoms with van der Waals surface area (Å²) in [6.07, 6.45) is 0.630. The fourth-order valence-electron chi connectivity index (χ4n) is 8.60. The van der Waals surface area contributed by atoms with Crippen LogP contribution in [0.3, 0.4) is 0 Å². The number of rotatable bonds is 3. The lowest BCUT2D eigenvalue weighted by Crippen LogP contribution is -2.70. The highest BCUT2D eigenvalue weighted by Crippen LogP contribution is 2.72. The molecule has 1 N–H and O–H groups in total. The number of aliphatic hydroxyl groups is 1. The summed E-state index contributed by atoms with van der Waals surface area (Å²) in [6.45, 7) is 2.37. The third kappa shape index (κ3) is 2.64. The minimum Gasteiger partial charge on any atom is -0.390 e. The van der Waals surface area contributed by atoms with Gasteiger partial charge in [-0.05, 0) is 62.0 Å². The minimum absolute atomic E-state index is 0.0515. The average Bonchev–Trinajstić information content (AvgIpc) is 3.36. The van der Waals surface area contributed by atoms with E-state index in [1.54, 1.807) is 12.0 Å². The maximum absolute atomic E-state index is 17.3. The van der Waals surface area contributed by atoms with Crippen LogP contribution in [0.25, 0.3) is 0 Å². The molecule has 5 aliphatic rings. The summed E-state index contributed by atoms with van der Waals surface area (Å²) in [4.78, 5) is 31.7. The number of carbonyl (C=O) groups is 2. The largest absolute Gasteiger partial charge is 0.390 e. The number of allylic oxidation sites excluding steroid dienone is 4. The molecule has 0 bridgehead atoms. The number of ketones is 2. The predicted octanol–water partition coefficient (Wildman–Crippen LogP) is 4.26. The molecule has 0 unspecified atom stereocenters. The summed E-state index contributed by atoms with van der Waals surface area (Å²) in [5.74, 6) is -3.04. The van der Waals surface area contributed by atoms with Crippen LogP contribution in [0, 0.1) is 28.6 Å². The van der Waals surface area contributed by atoms with Crippen molar-refractivity contribution in [1.82, 2.24) is 0 Å². The predicted molar refractivity (Wildman–Crippen MR) is 126 cm³/mol. The molecular formula is C28H30F3NO4. The van der Waals surface area contributed by atoms with E-state index in [2.05, 4.69) is 0 Å². The molecule has 1 aromatic carbocycles. The highest BCUT2D eigenvalue weighted by Gasteiger charge is 2.79. The molecular weight excluding hydrogens is 471 g/mol. The van der Waals surface area contributed by atoms with E-state index in [4.69, 9.17) is 4.84 Å². The summed E-state index contributed by atoms with van der Waals surface area (Å²) < 4.78 is 47.1. The molecule has 3 saturated carbocycles. The molecule has 0 radical (unpaired) electrons. The number of hydroxylamine groups is 1. The van der Waals surface area contributed by atoms with Crippen molar-refractivity contribution in [2.45, 2.75) is 56.7 Å². The lowest BCUT2D eigenvalue weighted by molar-refractivity contribution is -0.227. The van der Waals surface area contributed by atoms with Crippen molar-refractivity contribution in [1.29, 1.82) is 0 Å². The second-order valence-corrected chi connectivity index (χ2v) is 11.6. The molecule has 5 nitrogen and oxygen atoms in total. The van der Waals surface area contributed by atoms with Gasteiger partial charge in [-0.15, -0.1) is 0 Å². The highest BCUT2D eigenvalue weighted by atomic mass is 19.1. The molecule has 1 saturated heterocycles. The van der Waals surface area contributed by atoms with E-state index in [-0.39, 0.29) is 18.4 Å². The Labute approximate surface area is 207 Å². The fraction of sp³-hybridized carbons (Fsp3) is 0.571. The number of alkyl halides is 3. The molecule has 0 amide bonds. The van der Waals surface area contributed by atoms with Crippen molar-refractivity contribution in [3.05, 3.63) is 54.1 Å². The maximum Gasteiger partial charge on any atom is 0.199 e. The second-order valence-electron chi connectivity index (χ2n) is 11.6. The van der Waals surface area contributed by atoms with E-state index in [1.165, 1.54) is 19.1 Å². The van der Waals surface area contributed by atoms with Gasteiger partial charge in [0.25, 0.3) is 0 Å². The van der Waals surface area contributed by atoms with Crippen LogP contribution in [0.4, 0.5) is 18.9 Å². The highest BCUT2D eigenvalue weighted by molar-refractivity contribution is 6.01. The van der Waals surface area contributed by atoms with Gasteiger partial charge in [0.05, 0.1) is 18.3 Å². The zero-order valence-corrected chi connectivity index (χ0v) is 20.3. The molecule has 4 aliphatic carbocycles. The van der Waals surface area contributed by atoms with E-state index < -0.39 is 70.4 Å². The van der Waals surface area contributed by atoms with Gasteiger partial charge in [-0.25, -0.2) is 13.2 Å². The topological polar surface area (TPSA) is 66.8 Å². The normalized spacial score (nSPS) is 47.1. The molecule has 0 aromatic heterocycles. The smallest absolute Gasteiger partial charge is 0.199 e. The Bertz CT molecular complexity index is 1190. The quantitative estimate of drug-likeness (QED) is 0.671. The van der Waals surface area contributed by atoms with Gasteiger partial charge in [0.15, 0.2) is 29.5 Å². The number of fused-ring (bicyclic) bond motifs is 7. The van der Waals surface area contributed by atoms with Gasteiger partial charge in [-0.2, -0.15) is 0 Å². The van der Waals surface area contributed by atoms with E-state index in [1.807, 2.05) is 30.3 Å². The van der Waals surface area contributed by atoms with Gasteiger partial charge < -0.3 is 5.11 Å². The number of aliphatic hydroxyl groups excluding tert-OH is 1. The number of halogens is 3. The summed E-state index contributed by atoms with van der Waals surface area (Å²) in [6, 6.07) is 9.18. The van der Waals surface area contributed by atoms with Crippen molar-refractivity contribution in [3.63, 3.8) is 0 Å². The molecule has 1 aliphatic heterocycles. The summed E-state index contributed by atoms with van der Waals surface area (Å²) in [5.41, 5.74) is -5.69. The Kier molecular flexibility index (Phi) is 5.01. The van der Waals surface area contributed by atoms with E-state index in [9.17, 15) is 19.1 Å². The molecule has 8 heteroatoms.